The van der Waals surface area contributed by atoms with E-state index in [9.17, 15) is 9.59 Å². The fourth-order valence-corrected chi connectivity index (χ4v) is 2.76. The van der Waals surface area contributed by atoms with E-state index in [2.05, 4.69) is 0 Å². The van der Waals surface area contributed by atoms with Crippen LogP contribution in [0.15, 0.2) is 24.3 Å². The van der Waals surface area contributed by atoms with Gasteiger partial charge >= 0.3 is 5.97 Å². The number of aliphatic carboxylic acids is 1. The molecule has 0 aliphatic carbocycles. The molecule has 0 bridgehead atoms. The second-order valence-corrected chi connectivity index (χ2v) is 5.29. The van der Waals surface area contributed by atoms with Gasteiger partial charge in [-0.15, -0.1) is 0 Å². The van der Waals surface area contributed by atoms with E-state index in [1.807, 2.05) is 24.3 Å². The van der Waals surface area contributed by atoms with Crippen LogP contribution < -0.4 is 4.74 Å². The molecule has 6 heteroatoms. The summed E-state index contributed by atoms with van der Waals surface area (Å²) in [6.45, 7) is 1.15. The summed E-state index contributed by atoms with van der Waals surface area (Å²) in [6, 6.07) is 7.61. The minimum Gasteiger partial charge on any atom is -0.481 e. The molecule has 1 aromatic carbocycles. The van der Waals surface area contributed by atoms with Gasteiger partial charge in [0, 0.05) is 19.5 Å². The first-order valence-electron chi connectivity index (χ1n) is 7.00. The van der Waals surface area contributed by atoms with E-state index in [1.165, 1.54) is 0 Å². The molecule has 1 amide bonds. The number of morpholine rings is 1. The van der Waals surface area contributed by atoms with Crippen molar-refractivity contribution in [2.45, 2.75) is 25.0 Å². The second-order valence-electron chi connectivity index (χ2n) is 5.29. The van der Waals surface area contributed by atoms with E-state index < -0.39 is 18.2 Å². The van der Waals surface area contributed by atoms with Gasteiger partial charge in [-0.05, 0) is 11.6 Å². The van der Waals surface area contributed by atoms with Crippen LogP contribution in [0.5, 0.6) is 5.75 Å². The molecule has 2 aliphatic heterocycles. The zero-order chi connectivity index (χ0) is 14.8. The Morgan fingerprint density at radius 2 is 2.14 bits per heavy atom. The zero-order valence-corrected chi connectivity index (χ0v) is 11.5. The van der Waals surface area contributed by atoms with E-state index in [1.54, 1.807) is 4.90 Å². The van der Waals surface area contributed by atoms with Gasteiger partial charge in [-0.3, -0.25) is 9.59 Å². The molecule has 0 unspecified atom stereocenters. The van der Waals surface area contributed by atoms with Crippen LogP contribution in [-0.4, -0.2) is 53.8 Å². The summed E-state index contributed by atoms with van der Waals surface area (Å²) in [5.74, 6) is -0.255. The van der Waals surface area contributed by atoms with Gasteiger partial charge in [0.1, 0.15) is 5.75 Å². The van der Waals surface area contributed by atoms with Crippen molar-refractivity contribution in [3.63, 3.8) is 0 Å². The summed E-state index contributed by atoms with van der Waals surface area (Å²) in [6.07, 6.45) is -0.471. The lowest BCUT2D eigenvalue weighted by atomic mass is 10.1. The molecule has 1 saturated heterocycles. The molecule has 0 spiro atoms. The Bertz CT molecular complexity index is 534. The minimum atomic E-state index is -0.918. The lowest BCUT2D eigenvalue weighted by molar-refractivity contribution is -0.151. The van der Waals surface area contributed by atoms with Crippen molar-refractivity contribution < 1.29 is 24.2 Å². The first kappa shape index (κ1) is 13.9. The number of carboxylic acids is 1. The molecule has 3 rings (SSSR count). The molecule has 2 atom stereocenters. The number of rotatable bonds is 3. The third-order valence-electron chi connectivity index (χ3n) is 3.78. The highest BCUT2D eigenvalue weighted by molar-refractivity contribution is 5.83. The number of hydrogen-bond acceptors (Lipinski definition) is 4. The molecule has 2 aliphatic rings. The Morgan fingerprint density at radius 1 is 1.33 bits per heavy atom. The molecule has 6 nitrogen and oxygen atoms in total. The van der Waals surface area contributed by atoms with Crippen LogP contribution >= 0.6 is 0 Å². The summed E-state index contributed by atoms with van der Waals surface area (Å²) in [5, 5.41) is 8.81. The fraction of sp³-hybridized carbons (Fsp3) is 0.467. The van der Waals surface area contributed by atoms with Gasteiger partial charge in [0.15, 0.2) is 6.10 Å². The Morgan fingerprint density at radius 3 is 2.90 bits per heavy atom. The highest BCUT2D eigenvalue weighted by atomic mass is 16.5. The van der Waals surface area contributed by atoms with Crippen LogP contribution in [0.3, 0.4) is 0 Å². The van der Waals surface area contributed by atoms with Crippen LogP contribution in [0.1, 0.15) is 12.0 Å². The van der Waals surface area contributed by atoms with Gasteiger partial charge in [-0.2, -0.15) is 0 Å². The average Bonchev–Trinajstić information content (AvgIpc) is 2.90. The summed E-state index contributed by atoms with van der Waals surface area (Å²) in [4.78, 5) is 24.9. The number of carbonyl (C=O) groups is 2. The van der Waals surface area contributed by atoms with Crippen LogP contribution in [0.25, 0.3) is 0 Å². The van der Waals surface area contributed by atoms with Crippen LogP contribution in [0.4, 0.5) is 0 Å². The normalized spacial score (nSPS) is 24.3. The Kier molecular flexibility index (Phi) is 3.79. The van der Waals surface area contributed by atoms with Crippen LogP contribution in [0, 0.1) is 0 Å². The fourth-order valence-electron chi connectivity index (χ4n) is 2.76. The molecule has 21 heavy (non-hydrogen) atoms. The van der Waals surface area contributed by atoms with Crippen molar-refractivity contribution in [3.05, 3.63) is 29.8 Å². The number of ether oxygens (including phenoxy) is 2. The maximum absolute atomic E-state index is 12.5. The Hall–Kier alpha value is -2.08. The predicted octanol–water partition coefficient (Wildman–Crippen LogP) is 0.692. The molecular formula is C15H17NO5. The lowest BCUT2D eigenvalue weighted by Crippen LogP contribution is -2.50. The second kappa shape index (κ2) is 5.73. The van der Waals surface area contributed by atoms with E-state index in [0.717, 1.165) is 11.3 Å². The number of carbonyl (C=O) groups excluding carboxylic acids is 1. The Labute approximate surface area is 122 Å². The highest BCUT2D eigenvalue weighted by Crippen LogP contribution is 2.29. The number of fused-ring (bicyclic) bond motifs is 1. The van der Waals surface area contributed by atoms with Gasteiger partial charge in [-0.1, -0.05) is 18.2 Å². The number of para-hydroxylation sites is 1. The number of amides is 1. The van der Waals surface area contributed by atoms with E-state index in [0.29, 0.717) is 26.1 Å². The van der Waals surface area contributed by atoms with Crippen molar-refractivity contribution in [1.29, 1.82) is 0 Å². The minimum absolute atomic E-state index is 0.0878. The monoisotopic (exact) mass is 291 g/mol. The standard InChI is InChI=1S/C15H17NO5/c17-14(18)8-11-9-16(5-6-20-11)15(19)13-7-10-3-1-2-4-12(10)21-13/h1-4,11,13H,5-9H2,(H,17,18)/t11-,13-/m1/s1. The van der Waals surface area contributed by atoms with Crippen molar-refractivity contribution in [3.8, 4) is 5.75 Å². The quantitative estimate of drug-likeness (QED) is 0.887. The molecule has 0 saturated carbocycles. The van der Waals surface area contributed by atoms with Crippen molar-refractivity contribution >= 4 is 11.9 Å². The molecule has 112 valence electrons. The SMILES string of the molecule is O=C(O)C[C@@H]1CN(C(=O)[C@H]2Cc3ccccc3O2)CCO1. The number of benzene rings is 1. The first-order valence-corrected chi connectivity index (χ1v) is 7.00. The number of nitrogens with zero attached hydrogens (tertiary/aromatic N) is 1. The summed E-state index contributed by atoms with van der Waals surface area (Å²) in [5.41, 5.74) is 1.03. The van der Waals surface area contributed by atoms with Gasteiger partial charge in [0.05, 0.1) is 19.1 Å². The van der Waals surface area contributed by atoms with Gasteiger partial charge < -0.3 is 19.5 Å². The topological polar surface area (TPSA) is 76.1 Å². The van der Waals surface area contributed by atoms with Gasteiger partial charge in [0.2, 0.25) is 0 Å². The lowest BCUT2D eigenvalue weighted by Gasteiger charge is -2.33. The number of carboxylic acid groups (broad SMARTS) is 1. The van der Waals surface area contributed by atoms with E-state index >= 15 is 0 Å². The maximum Gasteiger partial charge on any atom is 0.306 e. The zero-order valence-electron chi connectivity index (χ0n) is 11.5. The van der Waals surface area contributed by atoms with Crippen molar-refractivity contribution in [1.82, 2.24) is 4.90 Å². The first-order chi connectivity index (χ1) is 10.1. The van der Waals surface area contributed by atoms with Crippen LogP contribution in [-0.2, 0) is 20.7 Å². The molecule has 0 aromatic heterocycles. The summed E-state index contributed by atoms with van der Waals surface area (Å²) >= 11 is 0. The smallest absolute Gasteiger partial charge is 0.306 e. The van der Waals surface area contributed by atoms with Gasteiger partial charge in [-0.25, -0.2) is 0 Å². The van der Waals surface area contributed by atoms with Crippen LogP contribution in [0.2, 0.25) is 0 Å². The van der Waals surface area contributed by atoms with E-state index in [4.69, 9.17) is 14.6 Å². The average molecular weight is 291 g/mol. The molecule has 0 radical (unpaired) electrons. The predicted molar refractivity (Wildman–Crippen MR) is 73.1 cm³/mol. The molecule has 1 aromatic rings. The molecule has 2 heterocycles. The molecular weight excluding hydrogens is 274 g/mol. The van der Waals surface area contributed by atoms with Crippen molar-refractivity contribution in [2.75, 3.05) is 19.7 Å². The molecule has 1 fully saturated rings. The largest absolute Gasteiger partial charge is 0.481 e. The highest BCUT2D eigenvalue weighted by Gasteiger charge is 2.35. The van der Waals surface area contributed by atoms with Crippen molar-refractivity contribution in [2.24, 2.45) is 0 Å². The Balaban J connectivity index is 1.62. The van der Waals surface area contributed by atoms with E-state index in [-0.39, 0.29) is 12.3 Å². The third kappa shape index (κ3) is 3.00. The molecule has 1 N–H and O–H groups in total. The maximum atomic E-state index is 12.5. The number of hydrogen-bond donors (Lipinski definition) is 1. The third-order valence-corrected chi connectivity index (χ3v) is 3.78. The summed E-state index contributed by atoms with van der Waals surface area (Å²) < 4.78 is 11.1. The van der Waals surface area contributed by atoms with Gasteiger partial charge in [0.25, 0.3) is 5.91 Å². The summed E-state index contributed by atoms with van der Waals surface area (Å²) in [7, 11) is 0.